The lowest BCUT2D eigenvalue weighted by Gasteiger charge is -2.11. The first-order valence-electron chi connectivity index (χ1n) is 10.1. The zero-order chi connectivity index (χ0) is 24.6. The van der Waals surface area contributed by atoms with E-state index in [0.29, 0.717) is 0 Å². The van der Waals surface area contributed by atoms with Crippen LogP contribution in [0, 0.1) is 6.92 Å². The molecule has 3 aromatic rings. The Morgan fingerprint density at radius 1 is 1.18 bits per heavy atom. The molecule has 2 N–H and O–H groups in total. The van der Waals surface area contributed by atoms with E-state index in [-0.39, 0.29) is 18.1 Å². The van der Waals surface area contributed by atoms with E-state index in [9.17, 15) is 18.0 Å². The normalized spacial score (nSPS) is 12.0. The third-order valence-electron chi connectivity index (χ3n) is 4.55. The van der Waals surface area contributed by atoms with E-state index in [1.54, 1.807) is 13.1 Å². The summed E-state index contributed by atoms with van der Waals surface area (Å²) in [6, 6.07) is 11.1. The van der Waals surface area contributed by atoms with Crippen molar-refractivity contribution in [3.63, 3.8) is 0 Å². The lowest BCUT2D eigenvalue weighted by atomic mass is 10.0. The number of nitrogens with zero attached hydrogens (tertiary/aromatic N) is 4. The molecule has 0 saturated heterocycles. The Labute approximate surface area is 193 Å². The summed E-state index contributed by atoms with van der Waals surface area (Å²) in [6.07, 6.45) is 0.129. The number of anilines is 1. The van der Waals surface area contributed by atoms with Gasteiger partial charge >= 0.3 is 12.2 Å². The van der Waals surface area contributed by atoms with Gasteiger partial charge in [-0.3, -0.25) is 5.32 Å². The molecule has 0 fully saturated rings. The minimum absolute atomic E-state index is 0.0247. The highest BCUT2D eigenvalue weighted by Crippen LogP contribution is 2.30. The van der Waals surface area contributed by atoms with Gasteiger partial charge < -0.3 is 10.2 Å². The van der Waals surface area contributed by atoms with Crippen LogP contribution in [0.25, 0.3) is 11.1 Å². The molecule has 0 aliphatic rings. The maximum atomic E-state index is 12.8. The quantitative estimate of drug-likeness (QED) is 0.250. The highest BCUT2D eigenvalue weighted by molar-refractivity contribution is 5.90. The van der Waals surface area contributed by atoms with Gasteiger partial charge in [-0.25, -0.2) is 14.8 Å². The molecular formula is C23H21F3N6O2. The maximum Gasteiger partial charge on any atom is 0.416 e. The van der Waals surface area contributed by atoms with Gasteiger partial charge in [0.25, 0.3) is 0 Å². The van der Waals surface area contributed by atoms with Crippen LogP contribution < -0.4 is 10.6 Å². The second-order valence-corrected chi connectivity index (χ2v) is 7.01. The minimum atomic E-state index is -4.51. The second kappa shape index (κ2) is 11.0. The fraction of sp³-hybridized carbons (Fsp3) is 0.174. The number of aryl methyl sites for hydroxylation is 1. The second-order valence-electron chi connectivity index (χ2n) is 7.01. The first-order valence-corrected chi connectivity index (χ1v) is 10.1. The highest BCUT2D eigenvalue weighted by atomic mass is 19.4. The molecule has 0 atom stereocenters. The molecule has 34 heavy (non-hydrogen) atoms. The van der Waals surface area contributed by atoms with Crippen molar-refractivity contribution in [2.24, 2.45) is 10.4 Å². The average molecular weight is 470 g/mol. The molecule has 11 heteroatoms. The van der Waals surface area contributed by atoms with Gasteiger partial charge in [-0.05, 0) is 55.3 Å². The van der Waals surface area contributed by atoms with Crippen molar-refractivity contribution < 1.29 is 22.8 Å². The molecule has 2 amide bonds. The standard InChI is InChI=1S/C23H21F3N6O2/c1-3-21(31-22(33)30-19-9-5-8-18(11-19)23(24,25)26)34-32-29-12-16-6-4-7-17(10-16)20-13-27-14-28-15(20)2/h3-11,13-14H,12H2,1-2H3,(H2,30,31,33)/b21-3-,32-29?. The molecule has 2 aromatic carbocycles. The summed E-state index contributed by atoms with van der Waals surface area (Å²) in [5.74, 6) is -0.0426. The zero-order valence-electron chi connectivity index (χ0n) is 18.3. The van der Waals surface area contributed by atoms with Crippen LogP contribution in [0.1, 0.15) is 23.7 Å². The number of alkyl halides is 3. The van der Waals surface area contributed by atoms with Gasteiger partial charge in [-0.1, -0.05) is 24.3 Å². The van der Waals surface area contributed by atoms with Crippen molar-refractivity contribution in [2.45, 2.75) is 26.6 Å². The molecule has 0 bridgehead atoms. The molecular weight excluding hydrogens is 449 g/mol. The number of allylic oxidation sites excluding steroid dienone is 1. The summed E-state index contributed by atoms with van der Waals surface area (Å²) in [5.41, 5.74) is 2.66. The van der Waals surface area contributed by atoms with Crippen LogP contribution in [0.4, 0.5) is 23.7 Å². The van der Waals surface area contributed by atoms with Crippen molar-refractivity contribution >= 4 is 11.7 Å². The van der Waals surface area contributed by atoms with Gasteiger partial charge in [-0.2, -0.15) is 13.2 Å². The van der Waals surface area contributed by atoms with Crippen molar-refractivity contribution in [2.75, 3.05) is 5.32 Å². The molecule has 176 valence electrons. The van der Waals surface area contributed by atoms with Gasteiger partial charge in [0.15, 0.2) is 0 Å². The van der Waals surface area contributed by atoms with Crippen LogP contribution >= 0.6 is 0 Å². The van der Waals surface area contributed by atoms with E-state index >= 15 is 0 Å². The van der Waals surface area contributed by atoms with Crippen LogP contribution in [0.5, 0.6) is 0 Å². The smallest absolute Gasteiger partial charge is 0.321 e. The summed E-state index contributed by atoms with van der Waals surface area (Å²) >= 11 is 0. The molecule has 8 nitrogen and oxygen atoms in total. The predicted octanol–water partition coefficient (Wildman–Crippen LogP) is 6.04. The predicted molar refractivity (Wildman–Crippen MR) is 119 cm³/mol. The third-order valence-corrected chi connectivity index (χ3v) is 4.55. The van der Waals surface area contributed by atoms with Crippen LogP contribution in [-0.2, 0) is 17.6 Å². The van der Waals surface area contributed by atoms with Crippen molar-refractivity contribution in [1.82, 2.24) is 15.3 Å². The molecule has 0 radical (unpaired) electrons. The average Bonchev–Trinajstić information content (AvgIpc) is 2.81. The number of amides is 2. The zero-order valence-corrected chi connectivity index (χ0v) is 18.3. The summed E-state index contributed by atoms with van der Waals surface area (Å²) in [7, 11) is 0. The van der Waals surface area contributed by atoms with Crippen molar-refractivity contribution in [3.8, 4) is 11.1 Å². The number of aromatic nitrogens is 2. The molecule has 0 saturated carbocycles. The van der Waals surface area contributed by atoms with Gasteiger partial charge in [0.05, 0.1) is 12.1 Å². The fourth-order valence-corrected chi connectivity index (χ4v) is 2.89. The molecule has 0 aliphatic carbocycles. The largest absolute Gasteiger partial charge is 0.416 e. The number of hydrogen-bond acceptors (Lipinski definition) is 6. The van der Waals surface area contributed by atoms with Crippen LogP contribution in [-0.4, -0.2) is 16.0 Å². The molecule has 1 aromatic heterocycles. The van der Waals surface area contributed by atoms with E-state index in [0.717, 1.165) is 34.5 Å². The number of halogens is 3. The summed E-state index contributed by atoms with van der Waals surface area (Å²) < 4.78 is 38.4. The number of hydrogen-bond donors (Lipinski definition) is 2. The minimum Gasteiger partial charge on any atom is -0.321 e. The Hall–Kier alpha value is -4.28. The van der Waals surface area contributed by atoms with E-state index < -0.39 is 17.8 Å². The molecule has 0 spiro atoms. The number of benzene rings is 2. The van der Waals surface area contributed by atoms with Gasteiger partial charge in [0.1, 0.15) is 6.33 Å². The molecule has 1 heterocycles. The Bertz CT molecular complexity index is 1210. The Kier molecular flexibility index (Phi) is 7.91. The number of urea groups is 1. The first kappa shape index (κ1) is 24.4. The van der Waals surface area contributed by atoms with Crippen molar-refractivity contribution in [1.29, 1.82) is 0 Å². The molecule has 0 unspecified atom stereocenters. The number of carbonyl (C=O) groups is 1. The van der Waals surface area contributed by atoms with Crippen molar-refractivity contribution in [3.05, 3.63) is 89.8 Å². The van der Waals surface area contributed by atoms with E-state index in [1.165, 1.54) is 24.5 Å². The third kappa shape index (κ3) is 6.86. The van der Waals surface area contributed by atoms with Crippen LogP contribution in [0.15, 0.2) is 83.4 Å². The Morgan fingerprint density at radius 2 is 1.97 bits per heavy atom. The SMILES string of the molecule is C/C=C(/NC(=O)Nc1cccc(C(F)(F)F)c1)ON=NCc1cccc(-c2cncnc2C)c1. The number of nitrogens with one attached hydrogen (secondary N) is 2. The topological polar surface area (TPSA) is 101 Å². The monoisotopic (exact) mass is 470 g/mol. The highest BCUT2D eigenvalue weighted by Gasteiger charge is 2.30. The number of carbonyl (C=O) groups excluding carboxylic acids is 1. The van der Waals surface area contributed by atoms with Gasteiger partial charge in [0, 0.05) is 28.4 Å². The fourth-order valence-electron chi connectivity index (χ4n) is 2.89. The lowest BCUT2D eigenvalue weighted by molar-refractivity contribution is -0.137. The van der Waals surface area contributed by atoms with E-state index in [4.69, 9.17) is 4.84 Å². The molecule has 3 rings (SSSR count). The molecule has 0 aliphatic heterocycles. The van der Waals surface area contributed by atoms with E-state index in [1.807, 2.05) is 31.2 Å². The summed E-state index contributed by atoms with van der Waals surface area (Å²) in [4.78, 5) is 25.4. The Balaban J connectivity index is 1.54. The Morgan fingerprint density at radius 3 is 2.71 bits per heavy atom. The van der Waals surface area contributed by atoms with Crippen LogP contribution in [0.3, 0.4) is 0 Å². The van der Waals surface area contributed by atoms with Gasteiger partial charge in [-0.15, -0.1) is 5.11 Å². The first-order chi connectivity index (χ1) is 16.3. The maximum absolute atomic E-state index is 12.8. The van der Waals surface area contributed by atoms with Gasteiger partial charge in [0.2, 0.25) is 5.88 Å². The van der Waals surface area contributed by atoms with Crippen LogP contribution in [0.2, 0.25) is 0 Å². The number of rotatable bonds is 7. The lowest BCUT2D eigenvalue weighted by Crippen LogP contribution is -2.28. The summed E-state index contributed by atoms with van der Waals surface area (Å²) in [6.45, 7) is 3.70. The van der Waals surface area contributed by atoms with E-state index in [2.05, 4.69) is 31.0 Å². The summed E-state index contributed by atoms with van der Waals surface area (Å²) in [5, 5.41) is 12.2.